The zero-order chi connectivity index (χ0) is 16.1. The molecule has 0 amide bonds. The van der Waals surface area contributed by atoms with Gasteiger partial charge in [-0.2, -0.15) is 26.3 Å². The third-order valence-electron chi connectivity index (χ3n) is 3.03. The molecule has 9 heteroatoms. The molecule has 0 saturated heterocycles. The van der Waals surface area contributed by atoms with Gasteiger partial charge in [-0.05, 0) is 23.6 Å². The lowest BCUT2D eigenvalue weighted by Gasteiger charge is -2.10. The number of pyridine rings is 1. The van der Waals surface area contributed by atoms with E-state index >= 15 is 0 Å². The predicted octanol–water partition coefficient (Wildman–Crippen LogP) is 5.33. The molecule has 22 heavy (non-hydrogen) atoms. The van der Waals surface area contributed by atoms with Gasteiger partial charge in [-0.1, -0.05) is 0 Å². The van der Waals surface area contributed by atoms with Gasteiger partial charge in [0.05, 0.1) is 11.0 Å². The second-order valence-electron chi connectivity index (χ2n) is 4.43. The van der Waals surface area contributed by atoms with Gasteiger partial charge in [0.25, 0.3) is 0 Å². The van der Waals surface area contributed by atoms with E-state index in [1.165, 1.54) is 18.3 Å². The highest BCUT2D eigenvalue weighted by Gasteiger charge is 2.41. The lowest BCUT2D eigenvalue weighted by atomic mass is 10.0. The Morgan fingerprint density at radius 1 is 1.00 bits per heavy atom. The molecule has 3 aromatic heterocycles. The van der Waals surface area contributed by atoms with Crippen molar-refractivity contribution in [3.63, 3.8) is 0 Å². The topological polar surface area (TPSA) is 28.7 Å². The maximum absolute atomic E-state index is 13.2. The molecular formula is C13H6F6N2S. The van der Waals surface area contributed by atoms with E-state index in [1.807, 2.05) is 0 Å². The smallest absolute Gasteiger partial charge is 0.349 e. The van der Waals surface area contributed by atoms with Crippen LogP contribution in [0.3, 0.4) is 0 Å². The second-order valence-corrected chi connectivity index (χ2v) is 5.35. The van der Waals surface area contributed by atoms with Crippen LogP contribution in [-0.4, -0.2) is 9.97 Å². The summed E-state index contributed by atoms with van der Waals surface area (Å²) in [5.74, 6) is 0. The summed E-state index contributed by atoms with van der Waals surface area (Å²) in [6, 6.07) is 3.77. The molecule has 0 aliphatic heterocycles. The summed E-state index contributed by atoms with van der Waals surface area (Å²) < 4.78 is 78.5. The van der Waals surface area contributed by atoms with Crippen LogP contribution in [0.25, 0.3) is 22.2 Å². The number of H-pyrrole nitrogens is 1. The normalized spacial score (nSPS) is 13.0. The summed E-state index contributed by atoms with van der Waals surface area (Å²) in [6.07, 6.45) is -8.31. The van der Waals surface area contributed by atoms with Crippen LogP contribution in [0.15, 0.2) is 29.8 Å². The van der Waals surface area contributed by atoms with E-state index < -0.39 is 34.1 Å². The van der Waals surface area contributed by atoms with Crippen LogP contribution < -0.4 is 0 Å². The van der Waals surface area contributed by atoms with Gasteiger partial charge in [0.1, 0.15) is 10.6 Å². The van der Waals surface area contributed by atoms with Crippen molar-refractivity contribution in [3.8, 4) is 11.1 Å². The van der Waals surface area contributed by atoms with Crippen LogP contribution in [0, 0.1) is 0 Å². The molecule has 3 rings (SSSR count). The first kappa shape index (κ1) is 14.9. The van der Waals surface area contributed by atoms with Crippen molar-refractivity contribution in [1.82, 2.24) is 9.97 Å². The molecule has 0 atom stereocenters. The first-order chi connectivity index (χ1) is 10.2. The third kappa shape index (κ3) is 2.35. The van der Waals surface area contributed by atoms with Crippen molar-refractivity contribution in [2.45, 2.75) is 12.4 Å². The number of nitrogens with one attached hydrogen (secondary N) is 1. The van der Waals surface area contributed by atoms with Gasteiger partial charge in [0.15, 0.2) is 0 Å². The van der Waals surface area contributed by atoms with E-state index in [4.69, 9.17) is 0 Å². The fourth-order valence-corrected chi connectivity index (χ4v) is 2.99. The lowest BCUT2D eigenvalue weighted by Crippen LogP contribution is -2.09. The SMILES string of the molecule is FC(F)(F)c1[nH]c2cccnc2c1-c1ccsc1C(F)(F)F. The van der Waals surface area contributed by atoms with Crippen LogP contribution in [0.2, 0.25) is 0 Å². The Balaban J connectivity index is 2.38. The Labute approximate surface area is 123 Å². The molecule has 1 N–H and O–H groups in total. The lowest BCUT2D eigenvalue weighted by molar-refractivity contribution is -0.140. The maximum Gasteiger partial charge on any atom is 0.431 e. The van der Waals surface area contributed by atoms with Crippen molar-refractivity contribution < 1.29 is 26.3 Å². The van der Waals surface area contributed by atoms with E-state index in [0.717, 1.165) is 11.4 Å². The van der Waals surface area contributed by atoms with Gasteiger partial charge < -0.3 is 4.98 Å². The van der Waals surface area contributed by atoms with Gasteiger partial charge in [-0.15, -0.1) is 11.3 Å². The Morgan fingerprint density at radius 2 is 1.73 bits per heavy atom. The van der Waals surface area contributed by atoms with E-state index in [0.29, 0.717) is 11.3 Å². The molecule has 0 aliphatic rings. The van der Waals surface area contributed by atoms with Crippen LogP contribution in [0.1, 0.15) is 10.6 Å². The van der Waals surface area contributed by atoms with Crippen molar-refractivity contribution in [1.29, 1.82) is 0 Å². The summed E-state index contributed by atoms with van der Waals surface area (Å²) in [6.45, 7) is 0. The van der Waals surface area contributed by atoms with Crippen molar-refractivity contribution >= 4 is 22.4 Å². The zero-order valence-corrected chi connectivity index (χ0v) is 11.3. The minimum absolute atomic E-state index is 0.0316. The second kappa shape index (κ2) is 4.73. The molecule has 0 fully saturated rings. The molecule has 0 aliphatic carbocycles. The number of aromatic amines is 1. The molecule has 0 saturated carbocycles. The Hall–Kier alpha value is -2.03. The fourth-order valence-electron chi connectivity index (χ4n) is 2.22. The van der Waals surface area contributed by atoms with Gasteiger partial charge in [-0.25, -0.2) is 0 Å². The molecular weight excluding hydrogens is 330 g/mol. The minimum atomic E-state index is -4.82. The van der Waals surface area contributed by atoms with Gasteiger partial charge in [0.2, 0.25) is 0 Å². The average Bonchev–Trinajstić information content (AvgIpc) is 3.00. The molecule has 0 aromatic carbocycles. The highest BCUT2D eigenvalue weighted by atomic mass is 32.1. The number of alkyl halides is 6. The van der Waals surface area contributed by atoms with Crippen LogP contribution in [0.4, 0.5) is 26.3 Å². The number of hydrogen-bond acceptors (Lipinski definition) is 2. The third-order valence-corrected chi connectivity index (χ3v) is 3.99. The van der Waals surface area contributed by atoms with Crippen LogP contribution >= 0.6 is 11.3 Å². The maximum atomic E-state index is 13.2. The summed E-state index contributed by atoms with van der Waals surface area (Å²) in [4.78, 5) is 4.84. The first-order valence-corrected chi connectivity index (χ1v) is 6.76. The van der Waals surface area contributed by atoms with Crippen molar-refractivity contribution in [2.75, 3.05) is 0 Å². The van der Waals surface area contributed by atoms with Crippen LogP contribution in [-0.2, 0) is 12.4 Å². The Bertz CT molecular complexity index is 827. The standard InChI is InChI=1S/C13H6F6N2S/c14-12(15,16)10-8(9-7(21-10)2-1-4-20-9)6-3-5-22-11(6)13(17,18)19/h1-5,21H. The molecule has 0 bridgehead atoms. The largest absolute Gasteiger partial charge is 0.431 e. The Morgan fingerprint density at radius 3 is 2.36 bits per heavy atom. The molecule has 0 unspecified atom stereocenters. The monoisotopic (exact) mass is 336 g/mol. The quantitative estimate of drug-likeness (QED) is 0.598. The number of nitrogens with zero attached hydrogens (tertiary/aromatic N) is 1. The minimum Gasteiger partial charge on any atom is -0.349 e. The number of rotatable bonds is 1. The van der Waals surface area contributed by atoms with Crippen molar-refractivity contribution in [2.24, 2.45) is 0 Å². The van der Waals surface area contributed by atoms with E-state index in [-0.39, 0.29) is 11.0 Å². The zero-order valence-electron chi connectivity index (χ0n) is 10.5. The number of fused-ring (bicyclic) bond motifs is 1. The Kier molecular flexibility index (Phi) is 3.20. The molecule has 3 aromatic rings. The van der Waals surface area contributed by atoms with E-state index in [9.17, 15) is 26.3 Å². The molecule has 116 valence electrons. The van der Waals surface area contributed by atoms with E-state index in [1.54, 1.807) is 0 Å². The first-order valence-electron chi connectivity index (χ1n) is 5.88. The molecule has 0 spiro atoms. The fraction of sp³-hybridized carbons (Fsp3) is 0.154. The van der Waals surface area contributed by atoms with Crippen LogP contribution in [0.5, 0.6) is 0 Å². The van der Waals surface area contributed by atoms with Gasteiger partial charge >= 0.3 is 12.4 Å². The number of aromatic nitrogens is 2. The predicted molar refractivity (Wildman–Crippen MR) is 69.4 cm³/mol. The van der Waals surface area contributed by atoms with Gasteiger partial charge in [-0.3, -0.25) is 4.98 Å². The number of halogens is 6. The molecule has 2 nitrogen and oxygen atoms in total. The highest BCUT2D eigenvalue weighted by molar-refractivity contribution is 7.10. The summed E-state index contributed by atoms with van der Waals surface area (Å²) in [5.41, 5.74) is -2.43. The molecule has 3 heterocycles. The summed E-state index contributed by atoms with van der Waals surface area (Å²) in [5, 5.41) is 1.11. The average molecular weight is 336 g/mol. The van der Waals surface area contributed by atoms with Crippen molar-refractivity contribution in [3.05, 3.63) is 40.3 Å². The summed E-state index contributed by atoms with van der Waals surface area (Å²) >= 11 is 0.349. The number of hydrogen-bond donors (Lipinski definition) is 1. The highest BCUT2D eigenvalue weighted by Crippen LogP contribution is 2.46. The number of thiophene rings is 1. The van der Waals surface area contributed by atoms with E-state index in [2.05, 4.69) is 9.97 Å². The summed E-state index contributed by atoms with van der Waals surface area (Å²) in [7, 11) is 0. The van der Waals surface area contributed by atoms with Gasteiger partial charge in [0, 0.05) is 17.3 Å². The molecule has 0 radical (unpaired) electrons.